The molecule has 0 spiro atoms. The van der Waals surface area contributed by atoms with E-state index in [2.05, 4.69) is 22.8 Å². The Morgan fingerprint density at radius 2 is 2.24 bits per heavy atom. The molecule has 5 heteroatoms. The van der Waals surface area contributed by atoms with Crippen molar-refractivity contribution >= 4 is 23.7 Å². The van der Waals surface area contributed by atoms with E-state index in [0.717, 1.165) is 30.8 Å². The van der Waals surface area contributed by atoms with Gasteiger partial charge in [0.25, 0.3) is 0 Å². The number of methoxy groups -OCH3 is 1. The minimum absolute atomic E-state index is 0. The molecule has 1 aromatic carbocycles. The van der Waals surface area contributed by atoms with Gasteiger partial charge in [0.15, 0.2) is 0 Å². The summed E-state index contributed by atoms with van der Waals surface area (Å²) < 4.78 is 18.7. The minimum atomic E-state index is -0.182. The zero-order chi connectivity index (χ0) is 13.9. The number of halogens is 2. The second-order valence-electron chi connectivity index (χ2n) is 5.20. The lowest BCUT2D eigenvalue weighted by Gasteiger charge is -2.08. The van der Waals surface area contributed by atoms with Crippen LogP contribution in [0, 0.1) is 11.7 Å². The first-order chi connectivity index (χ1) is 9.78. The summed E-state index contributed by atoms with van der Waals surface area (Å²) in [5.41, 5.74) is 1.01. The Bertz CT molecular complexity index is 576. The van der Waals surface area contributed by atoms with E-state index in [0.29, 0.717) is 11.8 Å². The molecule has 1 saturated carbocycles. The van der Waals surface area contributed by atoms with Crippen molar-refractivity contribution < 1.29 is 9.13 Å². The molecule has 1 N–H and O–H groups in total. The van der Waals surface area contributed by atoms with Gasteiger partial charge in [0.2, 0.25) is 0 Å². The van der Waals surface area contributed by atoms with E-state index >= 15 is 0 Å². The van der Waals surface area contributed by atoms with Crippen molar-refractivity contribution in [2.24, 2.45) is 5.92 Å². The summed E-state index contributed by atoms with van der Waals surface area (Å²) in [6.07, 6.45) is 1.11. The zero-order valence-electron chi connectivity index (χ0n) is 11.8. The van der Waals surface area contributed by atoms with Gasteiger partial charge in [-0.25, -0.2) is 4.39 Å². The van der Waals surface area contributed by atoms with E-state index in [-0.39, 0.29) is 18.2 Å². The fourth-order valence-electron chi connectivity index (χ4n) is 2.64. The number of thiophene rings is 1. The Labute approximate surface area is 134 Å². The van der Waals surface area contributed by atoms with E-state index in [4.69, 9.17) is 4.74 Å². The summed E-state index contributed by atoms with van der Waals surface area (Å²) in [6.45, 7) is 1.89. The van der Waals surface area contributed by atoms with Gasteiger partial charge in [0.1, 0.15) is 11.6 Å². The smallest absolute Gasteiger partial charge is 0.123 e. The van der Waals surface area contributed by atoms with Crippen LogP contribution in [0.5, 0.6) is 5.75 Å². The lowest BCUT2D eigenvalue weighted by molar-refractivity contribution is 0.407. The van der Waals surface area contributed by atoms with Gasteiger partial charge in [-0.1, -0.05) is 6.07 Å². The molecule has 2 atom stereocenters. The molecule has 2 nitrogen and oxygen atoms in total. The van der Waals surface area contributed by atoms with Gasteiger partial charge >= 0.3 is 0 Å². The molecule has 0 unspecified atom stereocenters. The maximum atomic E-state index is 13.4. The third-order valence-corrected chi connectivity index (χ3v) is 4.68. The summed E-state index contributed by atoms with van der Waals surface area (Å²) in [6, 6.07) is 8.99. The molecule has 0 radical (unpaired) electrons. The van der Waals surface area contributed by atoms with Crippen molar-refractivity contribution in [3.8, 4) is 5.75 Å². The summed E-state index contributed by atoms with van der Waals surface area (Å²) in [5.74, 6) is 1.64. The lowest BCUT2D eigenvalue weighted by Crippen LogP contribution is -2.16. The number of rotatable bonds is 6. The summed E-state index contributed by atoms with van der Waals surface area (Å²) in [4.78, 5) is 1.35. The van der Waals surface area contributed by atoms with E-state index in [9.17, 15) is 4.39 Å². The van der Waals surface area contributed by atoms with Gasteiger partial charge in [-0.3, -0.25) is 0 Å². The topological polar surface area (TPSA) is 21.3 Å². The van der Waals surface area contributed by atoms with Crippen molar-refractivity contribution in [1.29, 1.82) is 0 Å². The molecule has 0 aliphatic heterocycles. The van der Waals surface area contributed by atoms with Gasteiger partial charge < -0.3 is 10.1 Å². The Morgan fingerprint density at radius 1 is 1.38 bits per heavy atom. The molecule has 1 heterocycles. The van der Waals surface area contributed by atoms with Crippen LogP contribution in [-0.4, -0.2) is 13.7 Å². The molecule has 1 aromatic heterocycles. The first kappa shape index (κ1) is 16.3. The molecule has 114 valence electrons. The fourth-order valence-corrected chi connectivity index (χ4v) is 3.32. The quantitative estimate of drug-likeness (QED) is 0.858. The van der Waals surface area contributed by atoms with Crippen molar-refractivity contribution in [2.75, 3.05) is 13.7 Å². The molecule has 0 bridgehead atoms. The summed E-state index contributed by atoms with van der Waals surface area (Å²) >= 11 is 1.77. The van der Waals surface area contributed by atoms with Crippen molar-refractivity contribution in [3.63, 3.8) is 0 Å². The first-order valence-corrected chi connectivity index (χ1v) is 7.72. The van der Waals surface area contributed by atoms with Gasteiger partial charge in [-0.2, -0.15) is 0 Å². The highest BCUT2D eigenvalue weighted by Crippen LogP contribution is 2.50. The predicted octanol–water partition coefficient (Wildman–Crippen LogP) is 4.21. The van der Waals surface area contributed by atoms with Gasteiger partial charge in [-0.05, 0) is 54.4 Å². The zero-order valence-corrected chi connectivity index (χ0v) is 13.5. The van der Waals surface area contributed by atoms with Crippen LogP contribution in [0.1, 0.15) is 22.8 Å². The molecule has 0 saturated heterocycles. The van der Waals surface area contributed by atoms with Gasteiger partial charge in [0, 0.05) is 17.0 Å². The molecule has 1 aliphatic carbocycles. The number of ether oxygens (including phenoxy) is 1. The third kappa shape index (κ3) is 3.96. The maximum Gasteiger partial charge on any atom is 0.123 e. The van der Waals surface area contributed by atoms with Crippen LogP contribution in [0.2, 0.25) is 0 Å². The number of nitrogens with one attached hydrogen (secondary N) is 1. The van der Waals surface area contributed by atoms with Crippen molar-refractivity contribution in [3.05, 3.63) is 52.0 Å². The second kappa shape index (κ2) is 7.25. The molecular weight excluding hydrogens is 309 g/mol. The second-order valence-corrected chi connectivity index (χ2v) is 6.23. The molecule has 1 fully saturated rings. The standard InChI is InChI=1S/C16H18FNOS.ClH/c1-19-16-5-4-12(17)8-15(16)14-7-11(14)9-18-10-13-3-2-6-20-13;/h2-6,8,11,14,18H,7,9-10H2,1H3;1H/t11-,14+;/m1./s1. The average Bonchev–Trinajstić information content (AvgIpc) is 3.02. The van der Waals surface area contributed by atoms with E-state index < -0.39 is 0 Å². The summed E-state index contributed by atoms with van der Waals surface area (Å²) in [7, 11) is 1.64. The van der Waals surface area contributed by atoms with Crippen LogP contribution in [-0.2, 0) is 6.54 Å². The molecule has 0 amide bonds. The average molecular weight is 328 g/mol. The molecule has 3 rings (SSSR count). The molecule has 21 heavy (non-hydrogen) atoms. The van der Waals surface area contributed by atoms with Crippen LogP contribution >= 0.6 is 23.7 Å². The van der Waals surface area contributed by atoms with E-state index in [1.54, 1.807) is 30.6 Å². The highest BCUT2D eigenvalue weighted by molar-refractivity contribution is 7.09. The van der Waals surface area contributed by atoms with Crippen molar-refractivity contribution in [2.45, 2.75) is 18.9 Å². The SMILES string of the molecule is COc1ccc(F)cc1[C@H]1C[C@@H]1CNCc1cccs1.Cl. The normalized spacial score (nSPS) is 19.9. The Balaban J connectivity index is 0.00000161. The van der Waals surface area contributed by atoms with Crippen LogP contribution in [0.3, 0.4) is 0 Å². The Kier molecular flexibility index (Phi) is 5.62. The predicted molar refractivity (Wildman–Crippen MR) is 87.1 cm³/mol. The molecule has 2 aromatic rings. The molecular formula is C16H19ClFNOS. The lowest BCUT2D eigenvalue weighted by atomic mass is 10.1. The van der Waals surface area contributed by atoms with Crippen LogP contribution in [0.4, 0.5) is 4.39 Å². The van der Waals surface area contributed by atoms with Crippen LogP contribution < -0.4 is 10.1 Å². The molecule has 1 aliphatic rings. The third-order valence-electron chi connectivity index (χ3n) is 3.80. The largest absolute Gasteiger partial charge is 0.496 e. The summed E-state index contributed by atoms with van der Waals surface area (Å²) in [5, 5.41) is 5.57. The van der Waals surface area contributed by atoms with Crippen LogP contribution in [0.15, 0.2) is 35.7 Å². The number of benzene rings is 1. The monoisotopic (exact) mass is 327 g/mol. The Morgan fingerprint density at radius 3 is 2.95 bits per heavy atom. The van der Waals surface area contributed by atoms with Gasteiger partial charge in [-0.15, -0.1) is 23.7 Å². The van der Waals surface area contributed by atoms with Crippen LogP contribution in [0.25, 0.3) is 0 Å². The fraction of sp³-hybridized carbons (Fsp3) is 0.375. The van der Waals surface area contributed by atoms with E-state index in [1.807, 2.05) is 0 Å². The first-order valence-electron chi connectivity index (χ1n) is 6.84. The minimum Gasteiger partial charge on any atom is -0.496 e. The van der Waals surface area contributed by atoms with Crippen molar-refractivity contribution in [1.82, 2.24) is 5.32 Å². The number of hydrogen-bond acceptors (Lipinski definition) is 3. The van der Waals surface area contributed by atoms with E-state index in [1.165, 1.54) is 10.9 Å². The maximum absolute atomic E-state index is 13.4. The number of hydrogen-bond donors (Lipinski definition) is 1. The highest BCUT2D eigenvalue weighted by Gasteiger charge is 2.39. The highest BCUT2D eigenvalue weighted by atomic mass is 35.5. The van der Waals surface area contributed by atoms with Gasteiger partial charge in [0.05, 0.1) is 7.11 Å². The Hall–Kier alpha value is -1.10.